The lowest BCUT2D eigenvalue weighted by Gasteiger charge is -2.19. The molecule has 0 saturated heterocycles. The van der Waals surface area contributed by atoms with Gasteiger partial charge in [0.1, 0.15) is 26.9 Å². The predicted octanol–water partition coefficient (Wildman–Crippen LogP) is 8.23. The maximum Gasteiger partial charge on any atom is 0.416 e. The van der Waals surface area contributed by atoms with Gasteiger partial charge in [0.2, 0.25) is 20.0 Å². The van der Waals surface area contributed by atoms with E-state index < -0.39 is 81.9 Å². The largest absolute Gasteiger partial charge is 0.497 e. The molecule has 4 aromatic heterocycles. The number of halogens is 6. The van der Waals surface area contributed by atoms with Gasteiger partial charge in [0.25, 0.3) is 11.1 Å². The molecule has 21 nitrogen and oxygen atoms in total. The SMILES string of the molecule is [C-]#[N+]c1ccc(-n2ncc(S(=O)(=O)N[C@@H](C)c3ccc(OC)cc3)c2-c2c(C)n(-c3cccc(C(F)(F)F)c3)c(=O)n(C)c2=O)cc1.[C-]#[N+]c1ccc(-n2ncc(S(N)(=O)=O)c2-c2c(C)n(-c3cccc(C(F)(F)F)c3)c(=O)n(C)c2=O)cc1. The standard InChI is InChI=1S/C32H27F3N6O5S.C23H17F3N6O4S/c1-19(21-9-15-26(46-5)16-10-21)38-47(44,45)27-18-37-41(24-13-11-23(36-3)12-14-24)29(27)28-20(2)40(31(43)39(4)30(28)42)25-8-6-7-22(17-25)32(33,34)35;1-13-19(20-18(37(27,35)36)12-29-32(20)16-9-7-15(28-2)8-10-16)21(33)30(3)22(34)31(13)17-6-4-5-14(11-17)23(24,25)26/h6-19,38H,1-2,4-5H3;4-12H,1,3H3,(H2,27,35,36)/t19-;/m0./s1. The molecule has 0 aliphatic carbocycles. The Morgan fingerprint density at radius 3 is 1.36 bits per heavy atom. The lowest BCUT2D eigenvalue weighted by atomic mass is 10.1. The van der Waals surface area contributed by atoms with Crippen molar-refractivity contribution in [3.05, 3.63) is 226 Å². The van der Waals surface area contributed by atoms with Crippen LogP contribution in [0.5, 0.6) is 5.75 Å². The molecule has 9 aromatic rings. The zero-order valence-corrected chi connectivity index (χ0v) is 46.2. The van der Waals surface area contributed by atoms with Gasteiger partial charge in [-0.25, -0.2) is 55.3 Å². The average Bonchev–Trinajstić information content (AvgIpc) is 2.80. The summed E-state index contributed by atoms with van der Waals surface area (Å²) in [4.78, 5) is 59.3. The number of alkyl halides is 6. The van der Waals surface area contributed by atoms with Gasteiger partial charge < -0.3 is 4.74 Å². The van der Waals surface area contributed by atoms with Gasteiger partial charge in [0.15, 0.2) is 11.4 Å². The van der Waals surface area contributed by atoms with Crippen LogP contribution in [0.25, 0.3) is 55.0 Å². The van der Waals surface area contributed by atoms with Crippen molar-refractivity contribution in [3.8, 4) is 51.0 Å². The highest BCUT2D eigenvalue weighted by atomic mass is 32.2. The number of ether oxygens (including phenoxy) is 1. The first kappa shape index (κ1) is 60.2. The van der Waals surface area contributed by atoms with Crippen molar-refractivity contribution in [3.63, 3.8) is 0 Å². The molecule has 0 unspecified atom stereocenters. The summed E-state index contributed by atoms with van der Waals surface area (Å²) in [6.45, 7) is 18.6. The second-order valence-corrected chi connectivity index (χ2v) is 21.6. The molecular formula is C55H44F6N12O9S2. The van der Waals surface area contributed by atoms with E-state index in [0.717, 1.165) is 76.7 Å². The molecule has 3 N–H and O–H groups in total. The second kappa shape index (κ2) is 22.8. The Bertz CT molecular complexity index is 4650. The van der Waals surface area contributed by atoms with Crippen LogP contribution in [0.2, 0.25) is 0 Å². The zero-order valence-electron chi connectivity index (χ0n) is 44.6. The summed E-state index contributed by atoms with van der Waals surface area (Å²) in [5.74, 6) is 0.568. The molecule has 5 aromatic carbocycles. The Hall–Kier alpha value is -9.94. The molecule has 84 heavy (non-hydrogen) atoms. The number of nitrogens with zero attached hydrogens (tertiary/aromatic N) is 10. The minimum Gasteiger partial charge on any atom is -0.497 e. The van der Waals surface area contributed by atoms with E-state index >= 15 is 0 Å². The number of methoxy groups -OCH3 is 1. The lowest BCUT2D eigenvalue weighted by molar-refractivity contribution is -0.138. The molecule has 4 heterocycles. The Morgan fingerprint density at radius 1 is 0.595 bits per heavy atom. The van der Waals surface area contributed by atoms with Crippen molar-refractivity contribution in [1.29, 1.82) is 0 Å². The highest BCUT2D eigenvalue weighted by Gasteiger charge is 2.35. The minimum atomic E-state index is -4.72. The number of nitrogens with two attached hydrogens (primary N) is 1. The number of benzene rings is 5. The molecule has 0 radical (unpaired) electrons. The van der Waals surface area contributed by atoms with Gasteiger partial charge in [-0.1, -0.05) is 48.5 Å². The van der Waals surface area contributed by atoms with Crippen LogP contribution in [0.15, 0.2) is 163 Å². The summed E-state index contributed by atoms with van der Waals surface area (Å²) < 4.78 is 147. The zero-order chi connectivity index (χ0) is 61.5. The maximum absolute atomic E-state index is 14.0. The fourth-order valence-corrected chi connectivity index (χ4v) is 10.9. The summed E-state index contributed by atoms with van der Waals surface area (Å²) in [6.07, 6.45) is -7.46. The van der Waals surface area contributed by atoms with Crippen molar-refractivity contribution in [2.24, 2.45) is 19.2 Å². The monoisotopic (exact) mass is 1190 g/mol. The second-order valence-electron chi connectivity index (χ2n) is 18.4. The van der Waals surface area contributed by atoms with E-state index in [0.29, 0.717) is 20.4 Å². The van der Waals surface area contributed by atoms with Crippen LogP contribution in [0.4, 0.5) is 37.7 Å². The first-order valence-electron chi connectivity index (χ1n) is 24.3. The third-order valence-corrected chi connectivity index (χ3v) is 15.6. The van der Waals surface area contributed by atoms with Crippen molar-refractivity contribution >= 4 is 31.4 Å². The molecule has 0 bridgehead atoms. The van der Waals surface area contributed by atoms with Crippen molar-refractivity contribution in [2.45, 2.75) is 49.0 Å². The van der Waals surface area contributed by atoms with Crippen molar-refractivity contribution in [2.75, 3.05) is 7.11 Å². The average molecular weight is 1200 g/mol. The first-order valence-corrected chi connectivity index (χ1v) is 27.3. The van der Waals surface area contributed by atoms with Gasteiger partial charge >= 0.3 is 23.7 Å². The van der Waals surface area contributed by atoms with Crippen LogP contribution in [-0.2, 0) is 46.5 Å². The van der Waals surface area contributed by atoms with Gasteiger partial charge in [-0.15, -0.1) is 0 Å². The van der Waals surface area contributed by atoms with Gasteiger partial charge in [-0.2, -0.15) is 36.5 Å². The van der Waals surface area contributed by atoms with Crippen LogP contribution < -0.4 is 37.1 Å². The van der Waals surface area contributed by atoms with Crippen LogP contribution in [0, 0.1) is 27.0 Å². The fourth-order valence-electron chi connectivity index (χ4n) is 8.94. The Balaban J connectivity index is 0.000000225. The Kier molecular flexibility index (Phi) is 16.3. The van der Waals surface area contributed by atoms with Crippen molar-refractivity contribution in [1.82, 2.24) is 42.6 Å². The van der Waals surface area contributed by atoms with Gasteiger partial charge in [-0.3, -0.25) is 27.9 Å². The molecule has 432 valence electrons. The molecule has 29 heteroatoms. The molecular weight excluding hydrogens is 1150 g/mol. The highest BCUT2D eigenvalue weighted by Crippen LogP contribution is 2.36. The van der Waals surface area contributed by atoms with E-state index in [2.05, 4.69) is 24.6 Å². The highest BCUT2D eigenvalue weighted by molar-refractivity contribution is 7.89. The first-order chi connectivity index (χ1) is 39.4. The summed E-state index contributed by atoms with van der Waals surface area (Å²) in [5, 5.41) is 13.7. The van der Waals surface area contributed by atoms with Crippen LogP contribution >= 0.6 is 0 Å². The normalized spacial score (nSPS) is 12.2. The summed E-state index contributed by atoms with van der Waals surface area (Å²) in [7, 11) is -5.17. The number of hydrogen-bond donors (Lipinski definition) is 2. The summed E-state index contributed by atoms with van der Waals surface area (Å²) in [5.41, 5.74) is -5.88. The molecule has 1 atom stereocenters. The van der Waals surface area contributed by atoms with Gasteiger partial charge in [-0.05, 0) is 99.1 Å². The van der Waals surface area contributed by atoms with E-state index in [1.165, 1.54) is 86.3 Å². The van der Waals surface area contributed by atoms with Crippen molar-refractivity contribution < 1.29 is 47.9 Å². The van der Waals surface area contributed by atoms with E-state index in [-0.39, 0.29) is 68.0 Å². The van der Waals surface area contributed by atoms with E-state index in [1.54, 1.807) is 31.2 Å². The molecule has 9 rings (SSSR count). The Morgan fingerprint density at radius 2 is 0.988 bits per heavy atom. The molecule has 0 aliphatic rings. The number of rotatable bonds is 12. The number of nitrogens with one attached hydrogen (secondary N) is 1. The smallest absolute Gasteiger partial charge is 0.416 e. The quantitative estimate of drug-likeness (QED) is 0.0871. The topological polar surface area (TPSA) is 248 Å². The number of sulfonamides is 2. The minimum absolute atomic E-state index is 0.128. The molecule has 0 spiro atoms. The summed E-state index contributed by atoms with van der Waals surface area (Å²) >= 11 is 0. The summed E-state index contributed by atoms with van der Waals surface area (Å²) in [6, 6.07) is 25.6. The maximum atomic E-state index is 14.0. The molecule has 0 amide bonds. The van der Waals surface area contributed by atoms with E-state index in [4.69, 9.17) is 23.0 Å². The molecule has 0 saturated carbocycles. The van der Waals surface area contributed by atoms with Gasteiger partial charge in [0.05, 0.1) is 77.7 Å². The number of primary sulfonamides is 1. The third-order valence-electron chi connectivity index (χ3n) is 13.2. The number of aromatic nitrogens is 8. The number of hydrogen-bond acceptors (Lipinski definition) is 11. The van der Waals surface area contributed by atoms with Gasteiger partial charge in [0, 0.05) is 31.5 Å². The third kappa shape index (κ3) is 11.6. The predicted molar refractivity (Wildman–Crippen MR) is 295 cm³/mol. The van der Waals surface area contributed by atoms with E-state index in [9.17, 15) is 62.4 Å². The van der Waals surface area contributed by atoms with E-state index in [1.807, 2.05) is 0 Å². The fraction of sp³-hybridized carbons (Fsp3) is 0.164. The Labute approximate surface area is 472 Å². The molecule has 0 aliphatic heterocycles. The lowest BCUT2D eigenvalue weighted by Crippen LogP contribution is -2.40. The van der Waals surface area contributed by atoms with Crippen LogP contribution in [0.1, 0.15) is 41.0 Å². The molecule has 0 fully saturated rings. The van der Waals surface area contributed by atoms with Crippen LogP contribution in [0.3, 0.4) is 0 Å². The van der Waals surface area contributed by atoms with Crippen LogP contribution in [-0.4, -0.2) is 61.8 Å².